The Balaban J connectivity index is 0.000000198. The third-order valence-electron chi connectivity index (χ3n) is 11.2. The van der Waals surface area contributed by atoms with Gasteiger partial charge in [0.05, 0.1) is 6.04 Å². The van der Waals surface area contributed by atoms with Crippen LogP contribution in [0.4, 0.5) is 16.2 Å². The van der Waals surface area contributed by atoms with Gasteiger partial charge in [-0.15, -0.1) is 0 Å². The first-order valence-electron chi connectivity index (χ1n) is 21.4. The summed E-state index contributed by atoms with van der Waals surface area (Å²) in [4.78, 5) is 75.4. The minimum absolute atomic E-state index is 0.157. The van der Waals surface area contributed by atoms with Gasteiger partial charge in [-0.3, -0.25) is 29.1 Å². The number of carbonyl (C=O) groups excluding carboxylic acids is 5. The van der Waals surface area contributed by atoms with Gasteiger partial charge in [-0.2, -0.15) is 0 Å². The van der Waals surface area contributed by atoms with E-state index in [1.54, 1.807) is 67.5 Å². The van der Waals surface area contributed by atoms with Gasteiger partial charge in [0.1, 0.15) is 11.6 Å². The molecule has 14 nitrogen and oxygen atoms in total. The van der Waals surface area contributed by atoms with Gasteiger partial charge in [0.2, 0.25) is 23.6 Å². The lowest BCUT2D eigenvalue weighted by Gasteiger charge is -2.27. The van der Waals surface area contributed by atoms with Crippen LogP contribution in [-0.4, -0.2) is 70.5 Å². The molecule has 0 radical (unpaired) electrons. The van der Waals surface area contributed by atoms with E-state index in [-0.39, 0.29) is 18.2 Å². The number of rotatable bonds is 11. The van der Waals surface area contributed by atoms with E-state index in [0.29, 0.717) is 54.9 Å². The molecule has 2 aliphatic heterocycles. The smallest absolute Gasteiger partial charge is 0.408 e. The summed E-state index contributed by atoms with van der Waals surface area (Å²) in [6.45, 7) is 6.15. The Morgan fingerprint density at radius 3 is 1.48 bits per heavy atom. The fourth-order valence-electron chi connectivity index (χ4n) is 8.17. The number of alkyl carbamates (subject to hydrolysis) is 1. The van der Waals surface area contributed by atoms with E-state index in [4.69, 9.17) is 21.9 Å². The van der Waals surface area contributed by atoms with Crippen LogP contribution in [0.15, 0.2) is 134 Å². The van der Waals surface area contributed by atoms with E-state index < -0.39 is 35.6 Å². The molecular formula is C51H52N8O6. The number of amides is 5. The van der Waals surface area contributed by atoms with Crippen molar-refractivity contribution in [3.63, 3.8) is 0 Å². The number of hydrogen-bond donors (Lipinski definition) is 4. The van der Waals surface area contributed by atoms with Crippen LogP contribution in [0.1, 0.15) is 63.7 Å². The lowest BCUT2D eigenvalue weighted by atomic mass is 9.97. The summed E-state index contributed by atoms with van der Waals surface area (Å²) in [5.41, 5.74) is 25.8. The molecule has 2 aliphatic rings. The Bertz CT molecular complexity index is 2690. The summed E-state index contributed by atoms with van der Waals surface area (Å²) in [7, 11) is 0. The molecule has 0 unspecified atom stereocenters. The second-order valence-electron chi connectivity index (χ2n) is 16.9. The number of carbonyl (C=O) groups is 5. The first kappa shape index (κ1) is 45.3. The lowest BCUT2D eigenvalue weighted by molar-refractivity contribution is -0.121. The molecule has 0 bridgehead atoms. The topological polar surface area (TPSA) is 217 Å². The molecule has 14 heteroatoms. The number of aromatic nitrogens is 2. The minimum atomic E-state index is -0.866. The van der Waals surface area contributed by atoms with Crippen LogP contribution in [0, 0.1) is 0 Å². The van der Waals surface area contributed by atoms with Crippen LogP contribution in [0.5, 0.6) is 0 Å². The van der Waals surface area contributed by atoms with E-state index in [1.807, 2.05) is 97.1 Å². The van der Waals surface area contributed by atoms with Crippen molar-refractivity contribution in [1.29, 1.82) is 0 Å². The summed E-state index contributed by atoms with van der Waals surface area (Å²) in [6, 6.07) is 32.4. The summed E-state index contributed by atoms with van der Waals surface area (Å²) in [5.74, 6) is -1.50. The number of nitrogens with zero attached hydrogens (tertiary/aromatic N) is 4. The molecule has 0 saturated carbocycles. The van der Waals surface area contributed by atoms with Crippen molar-refractivity contribution in [2.75, 3.05) is 22.9 Å². The quantitative estimate of drug-likeness (QED) is 0.117. The number of hydrogen-bond acceptors (Lipinski definition) is 9. The Morgan fingerprint density at radius 2 is 1.05 bits per heavy atom. The molecule has 65 heavy (non-hydrogen) atoms. The SMILES string of the molecule is CC(C)(C)OC(=O)N[C@@H](Cc1ccccc1)C(=O)N1CCc2c(C(N)=O)cc(-c3ccncc3)cc21.NC(=O)c1cc(-c2ccncc2)cc2c1CCN2C(=O)[C@@H](N)Cc1ccccc1. The fourth-order valence-corrected chi connectivity index (χ4v) is 8.17. The standard InChI is InChI=1S/C28H30N4O4.C23H22N4O2/c1-28(2,3)36-27(35)31-23(15-18-7-5-4-6-8-18)26(34)32-14-11-21-22(25(29)33)16-20(17-24(21)32)19-9-12-30-13-10-19;24-20(12-15-4-2-1-3-5-15)23(29)27-11-8-18-19(22(25)28)13-17(14-21(18)27)16-6-9-26-10-7-16/h4-10,12-13,16-17,23H,11,14-15H2,1-3H3,(H2,29,33)(H,31,35);1-7,9-10,13-14,20H,8,11-12,24H2,(H2,25,28)/t23-;20-/m00/s1. The van der Waals surface area contributed by atoms with Crippen LogP contribution < -0.4 is 32.3 Å². The number of fused-ring (bicyclic) bond motifs is 2. The molecule has 4 aromatic carbocycles. The molecule has 0 fully saturated rings. The zero-order valence-corrected chi connectivity index (χ0v) is 36.6. The Morgan fingerprint density at radius 1 is 0.615 bits per heavy atom. The molecule has 2 aromatic heterocycles. The third-order valence-corrected chi connectivity index (χ3v) is 11.2. The van der Waals surface area contributed by atoms with Crippen molar-refractivity contribution in [2.24, 2.45) is 17.2 Å². The second kappa shape index (κ2) is 19.8. The zero-order chi connectivity index (χ0) is 46.3. The zero-order valence-electron chi connectivity index (χ0n) is 36.6. The molecule has 4 heterocycles. The highest BCUT2D eigenvalue weighted by atomic mass is 16.6. The number of anilines is 2. The molecule has 0 saturated heterocycles. The molecule has 6 aromatic rings. The number of benzene rings is 4. The van der Waals surface area contributed by atoms with E-state index in [2.05, 4.69) is 15.3 Å². The summed E-state index contributed by atoms with van der Waals surface area (Å²) in [5, 5.41) is 2.76. The first-order valence-corrected chi connectivity index (χ1v) is 21.4. The van der Waals surface area contributed by atoms with Gasteiger partial charge in [-0.1, -0.05) is 60.7 Å². The Kier molecular flexibility index (Phi) is 13.8. The molecule has 2 atom stereocenters. The van der Waals surface area contributed by atoms with E-state index in [1.165, 1.54) is 0 Å². The van der Waals surface area contributed by atoms with Crippen LogP contribution >= 0.6 is 0 Å². The highest BCUT2D eigenvalue weighted by molar-refractivity contribution is 6.06. The predicted molar refractivity (Wildman–Crippen MR) is 250 cm³/mol. The summed E-state index contributed by atoms with van der Waals surface area (Å²) >= 11 is 0. The van der Waals surface area contributed by atoms with Crippen molar-refractivity contribution in [3.05, 3.63) is 167 Å². The van der Waals surface area contributed by atoms with Crippen molar-refractivity contribution >= 4 is 41.1 Å². The van der Waals surface area contributed by atoms with Gasteiger partial charge in [0.25, 0.3) is 0 Å². The van der Waals surface area contributed by atoms with Crippen LogP contribution in [-0.2, 0) is 40.0 Å². The number of pyridine rings is 2. The molecular weight excluding hydrogens is 821 g/mol. The molecule has 8 rings (SSSR count). The maximum atomic E-state index is 13.9. The van der Waals surface area contributed by atoms with Gasteiger partial charge in [0, 0.05) is 66.8 Å². The van der Waals surface area contributed by atoms with Crippen molar-refractivity contribution < 1.29 is 28.7 Å². The first-order chi connectivity index (χ1) is 31.2. The van der Waals surface area contributed by atoms with Gasteiger partial charge in [-0.05, 0) is 133 Å². The van der Waals surface area contributed by atoms with Gasteiger partial charge in [0.15, 0.2) is 0 Å². The fraction of sp³-hybridized carbons (Fsp3) is 0.235. The van der Waals surface area contributed by atoms with Crippen LogP contribution in [0.2, 0.25) is 0 Å². The largest absolute Gasteiger partial charge is 0.444 e. The van der Waals surface area contributed by atoms with Gasteiger partial charge < -0.3 is 37.1 Å². The average Bonchev–Trinajstić information content (AvgIpc) is 3.93. The van der Waals surface area contributed by atoms with Crippen molar-refractivity contribution in [2.45, 2.75) is 64.1 Å². The van der Waals surface area contributed by atoms with E-state index >= 15 is 0 Å². The average molecular weight is 873 g/mol. The molecule has 5 amide bonds. The van der Waals surface area contributed by atoms with E-state index in [9.17, 15) is 24.0 Å². The highest BCUT2D eigenvalue weighted by Crippen LogP contribution is 2.38. The number of primary amides is 2. The number of nitrogens with one attached hydrogen (secondary N) is 1. The van der Waals surface area contributed by atoms with Gasteiger partial charge >= 0.3 is 6.09 Å². The normalized spacial score (nSPS) is 13.7. The highest BCUT2D eigenvalue weighted by Gasteiger charge is 2.35. The van der Waals surface area contributed by atoms with Crippen LogP contribution in [0.25, 0.3) is 22.3 Å². The van der Waals surface area contributed by atoms with Crippen molar-refractivity contribution in [1.82, 2.24) is 15.3 Å². The summed E-state index contributed by atoms with van der Waals surface area (Å²) in [6.07, 6.45) is 7.84. The minimum Gasteiger partial charge on any atom is -0.444 e. The molecule has 0 spiro atoms. The molecule has 332 valence electrons. The van der Waals surface area contributed by atoms with Crippen molar-refractivity contribution in [3.8, 4) is 22.3 Å². The predicted octanol–water partition coefficient (Wildman–Crippen LogP) is 6.18. The summed E-state index contributed by atoms with van der Waals surface area (Å²) < 4.78 is 5.43. The van der Waals surface area contributed by atoms with Crippen LogP contribution in [0.3, 0.4) is 0 Å². The van der Waals surface area contributed by atoms with E-state index in [0.717, 1.165) is 44.5 Å². The van der Waals surface area contributed by atoms with Gasteiger partial charge in [-0.25, -0.2) is 4.79 Å². The lowest BCUT2D eigenvalue weighted by Crippen LogP contribution is -2.50. The maximum Gasteiger partial charge on any atom is 0.408 e. The molecule has 0 aliphatic carbocycles. The number of nitrogens with two attached hydrogens (primary N) is 3. The number of ether oxygens (including phenoxy) is 1. The maximum absolute atomic E-state index is 13.9. The Labute approximate surface area is 377 Å². The monoisotopic (exact) mass is 872 g/mol. The Hall–Kier alpha value is -7.71. The molecule has 7 N–H and O–H groups in total. The third kappa shape index (κ3) is 10.9. The second-order valence-corrected chi connectivity index (χ2v) is 16.9.